The van der Waals surface area contributed by atoms with Crippen molar-refractivity contribution in [3.8, 4) is 0 Å². The summed E-state index contributed by atoms with van der Waals surface area (Å²) in [7, 11) is 1.74. The molecule has 16 heavy (non-hydrogen) atoms. The first-order valence-electron chi connectivity index (χ1n) is 5.70. The highest BCUT2D eigenvalue weighted by Crippen LogP contribution is 2.23. The summed E-state index contributed by atoms with van der Waals surface area (Å²) >= 11 is 0. The van der Waals surface area contributed by atoms with Crippen LogP contribution < -0.4 is 5.32 Å². The predicted octanol–water partition coefficient (Wildman–Crippen LogP) is 2.59. The van der Waals surface area contributed by atoms with E-state index in [9.17, 15) is 4.39 Å². The van der Waals surface area contributed by atoms with Crippen molar-refractivity contribution in [2.45, 2.75) is 37.8 Å². The fraction of sp³-hybridized carbons (Fsp3) is 0.583. The molecule has 2 atom stereocenters. The highest BCUT2D eigenvalue weighted by atomic mass is 19.1. The summed E-state index contributed by atoms with van der Waals surface area (Å²) in [6.07, 6.45) is 6.39. The molecule has 88 valence electrons. The fourth-order valence-electron chi connectivity index (χ4n) is 2.22. The quantitative estimate of drug-likeness (QED) is 0.801. The molecule has 1 heterocycles. The van der Waals surface area contributed by atoms with Crippen molar-refractivity contribution in [1.29, 1.82) is 0 Å². The van der Waals surface area contributed by atoms with E-state index >= 15 is 0 Å². The highest BCUT2D eigenvalue weighted by molar-refractivity contribution is 5.41. The molecule has 3 nitrogen and oxygen atoms in total. The van der Waals surface area contributed by atoms with Crippen molar-refractivity contribution >= 4 is 5.69 Å². The second kappa shape index (κ2) is 5.25. The number of halogens is 1. The number of rotatable bonds is 3. The predicted molar refractivity (Wildman–Crippen MR) is 60.9 cm³/mol. The van der Waals surface area contributed by atoms with E-state index < -0.39 is 5.95 Å². The lowest BCUT2D eigenvalue weighted by Crippen LogP contribution is -2.37. The Bertz CT molecular complexity index is 328. The number of ether oxygens (including phenoxy) is 1. The van der Waals surface area contributed by atoms with E-state index in [2.05, 4.69) is 10.3 Å². The number of hydrogen-bond acceptors (Lipinski definition) is 3. The first kappa shape index (κ1) is 11.3. The van der Waals surface area contributed by atoms with Crippen LogP contribution in [0.4, 0.5) is 10.1 Å². The Kier molecular flexibility index (Phi) is 3.72. The zero-order valence-corrected chi connectivity index (χ0v) is 9.45. The summed E-state index contributed by atoms with van der Waals surface area (Å²) in [5, 5.41) is 3.35. The van der Waals surface area contributed by atoms with Crippen LogP contribution in [0.3, 0.4) is 0 Å². The van der Waals surface area contributed by atoms with Gasteiger partial charge in [0, 0.05) is 7.11 Å². The van der Waals surface area contributed by atoms with Crippen LogP contribution in [-0.2, 0) is 4.74 Å². The molecule has 2 unspecified atom stereocenters. The number of nitrogens with zero attached hydrogens (tertiary/aromatic N) is 1. The molecule has 0 spiro atoms. The van der Waals surface area contributed by atoms with Crippen molar-refractivity contribution in [3.63, 3.8) is 0 Å². The lowest BCUT2D eigenvalue weighted by molar-refractivity contribution is 0.0606. The SMILES string of the molecule is COC1CCCCC1Nc1ccc(F)nc1. The summed E-state index contributed by atoms with van der Waals surface area (Å²) in [5.74, 6) is -0.447. The Morgan fingerprint density at radius 3 is 2.88 bits per heavy atom. The average Bonchev–Trinajstić information content (AvgIpc) is 2.33. The maximum Gasteiger partial charge on any atom is 0.212 e. The van der Waals surface area contributed by atoms with Gasteiger partial charge >= 0.3 is 0 Å². The third-order valence-electron chi connectivity index (χ3n) is 3.08. The number of methoxy groups -OCH3 is 1. The van der Waals surface area contributed by atoms with Crippen LogP contribution in [0.2, 0.25) is 0 Å². The average molecular weight is 224 g/mol. The molecule has 1 saturated carbocycles. The topological polar surface area (TPSA) is 34.1 Å². The first-order valence-corrected chi connectivity index (χ1v) is 5.70. The summed E-state index contributed by atoms with van der Waals surface area (Å²) in [6, 6.07) is 3.39. The van der Waals surface area contributed by atoms with E-state index in [0.29, 0.717) is 6.04 Å². The van der Waals surface area contributed by atoms with Gasteiger partial charge in [-0.2, -0.15) is 4.39 Å². The van der Waals surface area contributed by atoms with E-state index in [4.69, 9.17) is 4.74 Å². The second-order valence-corrected chi connectivity index (χ2v) is 4.18. The molecule has 0 aromatic carbocycles. The summed E-state index contributed by atoms with van der Waals surface area (Å²) < 4.78 is 18.1. The van der Waals surface area contributed by atoms with Crippen molar-refractivity contribution in [1.82, 2.24) is 4.98 Å². The van der Waals surface area contributed by atoms with E-state index in [0.717, 1.165) is 18.5 Å². The third kappa shape index (κ3) is 2.70. The molecule has 1 aromatic rings. The minimum atomic E-state index is -0.447. The molecule has 1 aliphatic carbocycles. The molecule has 1 fully saturated rings. The zero-order chi connectivity index (χ0) is 11.4. The van der Waals surface area contributed by atoms with Crippen LogP contribution in [0.15, 0.2) is 18.3 Å². The molecule has 0 bridgehead atoms. The maximum absolute atomic E-state index is 12.6. The first-order chi connectivity index (χ1) is 7.79. The van der Waals surface area contributed by atoms with Gasteiger partial charge in [-0.05, 0) is 25.0 Å². The van der Waals surface area contributed by atoms with Crippen molar-refractivity contribution < 1.29 is 9.13 Å². The van der Waals surface area contributed by atoms with Gasteiger partial charge in [0.2, 0.25) is 5.95 Å². The molecular formula is C12H17FN2O. The number of nitrogens with one attached hydrogen (secondary N) is 1. The number of pyridine rings is 1. The van der Waals surface area contributed by atoms with Gasteiger partial charge in [0.15, 0.2) is 0 Å². The standard InChI is InChI=1S/C12H17FN2O/c1-16-11-5-3-2-4-10(11)15-9-6-7-12(13)14-8-9/h6-8,10-11,15H,2-5H2,1H3. The van der Waals surface area contributed by atoms with Crippen molar-refractivity contribution in [2.24, 2.45) is 0 Å². The Morgan fingerprint density at radius 2 is 2.19 bits per heavy atom. The van der Waals surface area contributed by atoms with E-state index in [-0.39, 0.29) is 6.10 Å². The molecular weight excluding hydrogens is 207 g/mol. The minimum absolute atomic E-state index is 0.249. The molecule has 0 radical (unpaired) electrons. The fourth-order valence-corrected chi connectivity index (χ4v) is 2.22. The minimum Gasteiger partial charge on any atom is -0.379 e. The monoisotopic (exact) mass is 224 g/mol. The molecule has 1 N–H and O–H groups in total. The molecule has 0 amide bonds. The van der Waals surface area contributed by atoms with Gasteiger partial charge in [0.25, 0.3) is 0 Å². The Morgan fingerprint density at radius 1 is 1.38 bits per heavy atom. The van der Waals surface area contributed by atoms with E-state index in [1.54, 1.807) is 13.2 Å². The van der Waals surface area contributed by atoms with E-state index in [1.165, 1.54) is 25.1 Å². The Balaban J connectivity index is 1.99. The molecule has 1 aromatic heterocycles. The maximum atomic E-state index is 12.6. The zero-order valence-electron chi connectivity index (χ0n) is 9.45. The number of anilines is 1. The number of hydrogen-bond donors (Lipinski definition) is 1. The van der Waals surface area contributed by atoms with Crippen LogP contribution in [0.5, 0.6) is 0 Å². The second-order valence-electron chi connectivity index (χ2n) is 4.18. The van der Waals surface area contributed by atoms with Gasteiger partial charge in [-0.15, -0.1) is 0 Å². The van der Waals surface area contributed by atoms with Crippen LogP contribution in [0, 0.1) is 5.95 Å². The van der Waals surface area contributed by atoms with Crippen LogP contribution >= 0.6 is 0 Å². The Labute approximate surface area is 95.0 Å². The van der Waals surface area contributed by atoms with Crippen LogP contribution in [-0.4, -0.2) is 24.2 Å². The third-order valence-corrected chi connectivity index (χ3v) is 3.08. The summed E-state index contributed by atoms with van der Waals surface area (Å²) in [6.45, 7) is 0. The molecule has 2 rings (SSSR count). The molecule has 4 heteroatoms. The van der Waals surface area contributed by atoms with Gasteiger partial charge in [-0.25, -0.2) is 4.98 Å². The van der Waals surface area contributed by atoms with E-state index in [1.807, 2.05) is 0 Å². The van der Waals surface area contributed by atoms with Crippen LogP contribution in [0.25, 0.3) is 0 Å². The number of aromatic nitrogens is 1. The largest absolute Gasteiger partial charge is 0.379 e. The molecule has 0 saturated heterocycles. The lowest BCUT2D eigenvalue weighted by Gasteiger charge is -2.31. The Hall–Kier alpha value is -1.16. The summed E-state index contributed by atoms with van der Waals surface area (Å²) in [5.41, 5.74) is 0.857. The van der Waals surface area contributed by atoms with Crippen LogP contribution in [0.1, 0.15) is 25.7 Å². The van der Waals surface area contributed by atoms with Gasteiger partial charge in [0.1, 0.15) is 0 Å². The van der Waals surface area contributed by atoms with Gasteiger partial charge < -0.3 is 10.1 Å². The summed E-state index contributed by atoms with van der Waals surface area (Å²) in [4.78, 5) is 3.63. The molecule has 1 aliphatic rings. The van der Waals surface area contributed by atoms with Crippen molar-refractivity contribution in [2.75, 3.05) is 12.4 Å². The lowest BCUT2D eigenvalue weighted by atomic mass is 9.92. The smallest absolute Gasteiger partial charge is 0.212 e. The molecule has 0 aliphatic heterocycles. The normalized spacial score (nSPS) is 25.4. The van der Waals surface area contributed by atoms with Gasteiger partial charge in [-0.1, -0.05) is 12.8 Å². The van der Waals surface area contributed by atoms with Crippen molar-refractivity contribution in [3.05, 3.63) is 24.3 Å². The highest BCUT2D eigenvalue weighted by Gasteiger charge is 2.24. The van der Waals surface area contributed by atoms with Gasteiger partial charge in [0.05, 0.1) is 24.0 Å². The van der Waals surface area contributed by atoms with Gasteiger partial charge in [-0.3, -0.25) is 0 Å².